The summed E-state index contributed by atoms with van der Waals surface area (Å²) in [5.41, 5.74) is 4.27. The number of aryl methyl sites for hydroxylation is 2. The van der Waals surface area contributed by atoms with E-state index >= 15 is 0 Å². The van der Waals surface area contributed by atoms with Crippen molar-refractivity contribution in [1.82, 2.24) is 29.4 Å². The monoisotopic (exact) mass is 520 g/mol. The van der Waals surface area contributed by atoms with Crippen LogP contribution in [0.15, 0.2) is 73.8 Å². The summed E-state index contributed by atoms with van der Waals surface area (Å²) in [7, 11) is 2.03. The Bertz CT molecular complexity index is 1710. The first kappa shape index (κ1) is 24.4. The number of fused-ring (bicyclic) bond motifs is 2. The Kier molecular flexibility index (Phi) is 6.28. The van der Waals surface area contributed by atoms with Crippen molar-refractivity contribution in [3.63, 3.8) is 0 Å². The standard InChI is InChI=1S/C29H28N8O2/c1-4-26(38)36-11-13-37(14-12-36)29-30-17-23-27(34-29)28(32-18-31-23)33-21-5-8-25(19(2)15-21)39-22-6-7-24-20(16-22)9-10-35(24)3/h4-10,15-18H,1,11-14H2,2-3H3,(H,31,32,33). The topological polar surface area (TPSA) is 101 Å². The molecule has 1 amide bonds. The molecule has 0 saturated carbocycles. The maximum atomic E-state index is 11.9. The zero-order valence-corrected chi connectivity index (χ0v) is 21.8. The molecular formula is C29H28N8O2. The number of piperazine rings is 1. The highest BCUT2D eigenvalue weighted by atomic mass is 16.5. The van der Waals surface area contributed by atoms with Gasteiger partial charge in [0.2, 0.25) is 11.9 Å². The molecule has 2 aromatic carbocycles. The Morgan fingerprint density at radius 2 is 1.90 bits per heavy atom. The van der Waals surface area contributed by atoms with Crippen LogP contribution in [0.3, 0.4) is 0 Å². The van der Waals surface area contributed by atoms with Crippen molar-refractivity contribution in [3.05, 3.63) is 79.4 Å². The first-order valence-corrected chi connectivity index (χ1v) is 12.7. The number of nitrogens with one attached hydrogen (secondary N) is 1. The van der Waals surface area contributed by atoms with Crippen LogP contribution in [0.2, 0.25) is 0 Å². The van der Waals surface area contributed by atoms with Gasteiger partial charge in [0.25, 0.3) is 0 Å². The van der Waals surface area contributed by atoms with Gasteiger partial charge in [-0.25, -0.2) is 19.9 Å². The van der Waals surface area contributed by atoms with Crippen LogP contribution in [0.4, 0.5) is 17.5 Å². The molecule has 0 bridgehead atoms. The Balaban J connectivity index is 1.20. The average Bonchev–Trinajstić information content (AvgIpc) is 3.34. The summed E-state index contributed by atoms with van der Waals surface area (Å²) >= 11 is 0. The van der Waals surface area contributed by atoms with Crippen LogP contribution in [0.5, 0.6) is 11.5 Å². The van der Waals surface area contributed by atoms with Gasteiger partial charge in [-0.3, -0.25) is 4.79 Å². The lowest BCUT2D eigenvalue weighted by Crippen LogP contribution is -2.48. The number of carbonyl (C=O) groups is 1. The van der Waals surface area contributed by atoms with E-state index in [1.807, 2.05) is 50.5 Å². The number of rotatable bonds is 6. The number of aromatic nitrogens is 5. The SMILES string of the molecule is C=CC(=O)N1CCN(c2ncc3ncnc(Nc4ccc(Oc5ccc6c(ccn6C)c5)c(C)c4)c3n2)CC1. The molecule has 3 aromatic heterocycles. The minimum absolute atomic E-state index is 0.0575. The maximum absolute atomic E-state index is 11.9. The number of carbonyl (C=O) groups excluding carboxylic acids is 1. The summed E-state index contributed by atoms with van der Waals surface area (Å²) in [6.07, 6.45) is 6.59. The molecule has 1 N–H and O–H groups in total. The van der Waals surface area contributed by atoms with Gasteiger partial charge in [0.1, 0.15) is 28.9 Å². The van der Waals surface area contributed by atoms with Gasteiger partial charge in [-0.15, -0.1) is 0 Å². The van der Waals surface area contributed by atoms with Gasteiger partial charge >= 0.3 is 0 Å². The van der Waals surface area contributed by atoms with E-state index in [0.717, 1.165) is 33.7 Å². The van der Waals surface area contributed by atoms with E-state index < -0.39 is 0 Å². The fourth-order valence-electron chi connectivity index (χ4n) is 4.77. The zero-order valence-electron chi connectivity index (χ0n) is 21.8. The van der Waals surface area contributed by atoms with Crippen molar-refractivity contribution in [1.29, 1.82) is 0 Å². The average molecular weight is 521 g/mol. The van der Waals surface area contributed by atoms with Crippen molar-refractivity contribution in [3.8, 4) is 11.5 Å². The summed E-state index contributed by atoms with van der Waals surface area (Å²) in [6, 6.07) is 14.1. The lowest BCUT2D eigenvalue weighted by molar-refractivity contribution is -0.126. The van der Waals surface area contributed by atoms with Gasteiger partial charge in [-0.2, -0.15) is 0 Å². The van der Waals surface area contributed by atoms with E-state index in [-0.39, 0.29) is 5.91 Å². The van der Waals surface area contributed by atoms with Gasteiger partial charge in [0.15, 0.2) is 5.82 Å². The molecule has 10 heteroatoms. The lowest BCUT2D eigenvalue weighted by Gasteiger charge is -2.34. The molecule has 1 aliphatic heterocycles. The smallest absolute Gasteiger partial charge is 0.246 e. The molecule has 10 nitrogen and oxygen atoms in total. The van der Waals surface area contributed by atoms with E-state index in [1.165, 1.54) is 12.4 Å². The molecule has 1 aliphatic rings. The molecule has 1 saturated heterocycles. The van der Waals surface area contributed by atoms with E-state index in [0.29, 0.717) is 49.0 Å². The third-order valence-corrected chi connectivity index (χ3v) is 6.94. The van der Waals surface area contributed by atoms with Gasteiger partial charge < -0.3 is 24.4 Å². The van der Waals surface area contributed by atoms with Crippen LogP contribution in [0.1, 0.15) is 5.56 Å². The summed E-state index contributed by atoms with van der Waals surface area (Å²) in [5, 5.41) is 4.52. The molecule has 6 rings (SSSR count). The number of anilines is 3. The van der Waals surface area contributed by atoms with E-state index in [2.05, 4.69) is 48.4 Å². The molecule has 0 spiro atoms. The summed E-state index contributed by atoms with van der Waals surface area (Å²) in [5.74, 6) is 2.69. The number of benzene rings is 2. The molecule has 0 unspecified atom stereocenters. The van der Waals surface area contributed by atoms with Gasteiger partial charge in [-0.1, -0.05) is 6.58 Å². The van der Waals surface area contributed by atoms with E-state index in [4.69, 9.17) is 9.72 Å². The molecule has 196 valence electrons. The van der Waals surface area contributed by atoms with Crippen LogP contribution in [0.25, 0.3) is 21.9 Å². The second-order valence-electron chi connectivity index (χ2n) is 9.50. The second kappa shape index (κ2) is 10.1. The molecule has 1 fully saturated rings. The van der Waals surface area contributed by atoms with Crippen LogP contribution >= 0.6 is 0 Å². The molecule has 0 atom stereocenters. The third kappa shape index (κ3) is 4.84. The minimum Gasteiger partial charge on any atom is -0.457 e. The number of nitrogens with zero attached hydrogens (tertiary/aromatic N) is 7. The molecule has 0 radical (unpaired) electrons. The predicted molar refractivity (Wildman–Crippen MR) is 152 cm³/mol. The Morgan fingerprint density at radius 1 is 1.05 bits per heavy atom. The van der Waals surface area contributed by atoms with E-state index in [9.17, 15) is 4.79 Å². The maximum Gasteiger partial charge on any atom is 0.246 e. The molecule has 39 heavy (non-hydrogen) atoms. The molecule has 0 aliphatic carbocycles. The largest absolute Gasteiger partial charge is 0.457 e. The third-order valence-electron chi connectivity index (χ3n) is 6.94. The molecule has 5 aromatic rings. The Morgan fingerprint density at radius 3 is 2.69 bits per heavy atom. The quantitative estimate of drug-likeness (QED) is 0.325. The summed E-state index contributed by atoms with van der Waals surface area (Å²) < 4.78 is 8.28. The fraction of sp³-hybridized carbons (Fsp3) is 0.207. The summed E-state index contributed by atoms with van der Waals surface area (Å²) in [6.45, 7) is 8.05. The highest BCUT2D eigenvalue weighted by Crippen LogP contribution is 2.31. The summed E-state index contributed by atoms with van der Waals surface area (Å²) in [4.78, 5) is 33.8. The van der Waals surface area contributed by atoms with Crippen LogP contribution in [0, 0.1) is 6.92 Å². The second-order valence-corrected chi connectivity index (χ2v) is 9.50. The molecular weight excluding hydrogens is 492 g/mol. The number of amides is 1. The van der Waals surface area contributed by atoms with E-state index in [1.54, 1.807) is 11.1 Å². The van der Waals surface area contributed by atoms with Crippen LogP contribution < -0.4 is 15.0 Å². The van der Waals surface area contributed by atoms with Crippen LogP contribution in [-0.4, -0.2) is 61.5 Å². The highest BCUT2D eigenvalue weighted by molar-refractivity contribution is 5.88. The minimum atomic E-state index is -0.0575. The first-order valence-electron chi connectivity index (χ1n) is 12.7. The zero-order chi connectivity index (χ0) is 26.9. The van der Waals surface area contributed by atoms with Gasteiger partial charge in [-0.05, 0) is 61.0 Å². The highest BCUT2D eigenvalue weighted by Gasteiger charge is 2.22. The number of ether oxygens (including phenoxy) is 1. The van der Waals surface area contributed by atoms with Crippen molar-refractivity contribution in [2.75, 3.05) is 36.4 Å². The normalized spacial score (nSPS) is 13.6. The number of hydrogen-bond donors (Lipinski definition) is 1. The Hall–Kier alpha value is -4.99. The fourth-order valence-corrected chi connectivity index (χ4v) is 4.77. The molecule has 4 heterocycles. The van der Waals surface area contributed by atoms with Crippen molar-refractivity contribution < 1.29 is 9.53 Å². The van der Waals surface area contributed by atoms with Crippen molar-refractivity contribution in [2.45, 2.75) is 6.92 Å². The Labute approximate surface area is 225 Å². The van der Waals surface area contributed by atoms with Crippen molar-refractivity contribution in [2.24, 2.45) is 7.05 Å². The van der Waals surface area contributed by atoms with Crippen LogP contribution in [-0.2, 0) is 11.8 Å². The number of hydrogen-bond acceptors (Lipinski definition) is 8. The predicted octanol–water partition coefficient (Wildman–Crippen LogP) is 4.59. The van der Waals surface area contributed by atoms with Gasteiger partial charge in [0, 0.05) is 56.0 Å². The van der Waals surface area contributed by atoms with Gasteiger partial charge in [0.05, 0.1) is 6.20 Å². The lowest BCUT2D eigenvalue weighted by atomic mass is 10.2. The first-order chi connectivity index (χ1) is 19.0. The van der Waals surface area contributed by atoms with Crippen molar-refractivity contribution >= 4 is 45.3 Å².